The van der Waals surface area contributed by atoms with Gasteiger partial charge in [-0.05, 0) is 31.4 Å². The molecule has 2 fully saturated rings. The van der Waals surface area contributed by atoms with E-state index in [1.807, 2.05) is 7.05 Å². The smallest absolute Gasteiger partial charge is 0.225 e. The second-order valence-corrected chi connectivity index (χ2v) is 8.07. The van der Waals surface area contributed by atoms with E-state index >= 15 is 0 Å². The van der Waals surface area contributed by atoms with Gasteiger partial charge in [0.05, 0.1) is 23.4 Å². The number of pyridine rings is 1. The van der Waals surface area contributed by atoms with Crippen molar-refractivity contribution in [1.29, 1.82) is 0 Å². The molecule has 27 heavy (non-hydrogen) atoms. The van der Waals surface area contributed by atoms with Crippen LogP contribution in [0.2, 0.25) is 0 Å². The molecule has 5 rings (SSSR count). The molecular formula is C19H24N6OS. The maximum Gasteiger partial charge on any atom is 0.225 e. The second kappa shape index (κ2) is 7.09. The molecule has 142 valence electrons. The van der Waals surface area contributed by atoms with E-state index in [0.29, 0.717) is 5.95 Å². The van der Waals surface area contributed by atoms with Crippen molar-refractivity contribution >= 4 is 49.4 Å². The minimum atomic E-state index is 0.681. The third kappa shape index (κ3) is 3.06. The van der Waals surface area contributed by atoms with Crippen LogP contribution in [0.4, 0.5) is 17.6 Å². The van der Waals surface area contributed by atoms with Crippen LogP contribution in [0, 0.1) is 0 Å². The quantitative estimate of drug-likeness (QED) is 0.744. The van der Waals surface area contributed by atoms with E-state index in [1.54, 1.807) is 11.3 Å². The fourth-order valence-corrected chi connectivity index (χ4v) is 5.03. The molecule has 0 saturated carbocycles. The first-order chi connectivity index (χ1) is 13.3. The number of piperidine rings is 1. The molecular weight excluding hydrogens is 360 g/mol. The van der Waals surface area contributed by atoms with Gasteiger partial charge >= 0.3 is 0 Å². The average Bonchev–Trinajstić information content (AvgIpc) is 3.12. The van der Waals surface area contributed by atoms with Gasteiger partial charge in [0.1, 0.15) is 10.6 Å². The van der Waals surface area contributed by atoms with Gasteiger partial charge in [-0.15, -0.1) is 11.3 Å². The van der Waals surface area contributed by atoms with E-state index in [0.717, 1.165) is 71.5 Å². The highest BCUT2D eigenvalue weighted by Crippen LogP contribution is 2.39. The molecule has 0 bridgehead atoms. The monoisotopic (exact) mass is 384 g/mol. The zero-order chi connectivity index (χ0) is 18.2. The third-order valence-corrected chi connectivity index (χ3v) is 6.45. The Labute approximate surface area is 162 Å². The molecule has 0 radical (unpaired) electrons. The summed E-state index contributed by atoms with van der Waals surface area (Å²) in [6, 6.07) is 4.28. The number of hydrogen-bond acceptors (Lipinski definition) is 8. The first kappa shape index (κ1) is 16.9. The zero-order valence-electron chi connectivity index (χ0n) is 15.6. The van der Waals surface area contributed by atoms with Crippen molar-refractivity contribution in [3.05, 3.63) is 12.1 Å². The van der Waals surface area contributed by atoms with Gasteiger partial charge in [-0.1, -0.05) is 0 Å². The van der Waals surface area contributed by atoms with Crippen molar-refractivity contribution in [3.8, 4) is 0 Å². The summed E-state index contributed by atoms with van der Waals surface area (Å²) in [6.45, 7) is 5.45. The summed E-state index contributed by atoms with van der Waals surface area (Å²) in [7, 11) is 1.88. The second-order valence-electron chi connectivity index (χ2n) is 7.07. The maximum absolute atomic E-state index is 5.47. The highest BCUT2D eigenvalue weighted by Gasteiger charge is 2.21. The number of rotatable bonds is 3. The highest BCUT2D eigenvalue weighted by molar-refractivity contribution is 7.26. The van der Waals surface area contributed by atoms with Gasteiger partial charge in [0.25, 0.3) is 0 Å². The first-order valence-corrected chi connectivity index (χ1v) is 10.5. The van der Waals surface area contributed by atoms with Crippen molar-refractivity contribution in [1.82, 2.24) is 15.0 Å². The van der Waals surface area contributed by atoms with Crippen LogP contribution in [0.3, 0.4) is 0 Å². The van der Waals surface area contributed by atoms with Crippen LogP contribution in [0.1, 0.15) is 19.3 Å². The molecule has 0 amide bonds. The highest BCUT2D eigenvalue weighted by atomic mass is 32.1. The van der Waals surface area contributed by atoms with Gasteiger partial charge < -0.3 is 19.9 Å². The minimum absolute atomic E-state index is 0.681. The van der Waals surface area contributed by atoms with Gasteiger partial charge in [0, 0.05) is 38.6 Å². The summed E-state index contributed by atoms with van der Waals surface area (Å²) in [5.74, 6) is 2.76. The normalized spacial score (nSPS) is 18.4. The lowest BCUT2D eigenvalue weighted by Gasteiger charge is -2.28. The van der Waals surface area contributed by atoms with Gasteiger partial charge in [0.15, 0.2) is 5.82 Å². The number of morpholine rings is 1. The molecule has 3 aromatic heterocycles. The molecule has 0 aromatic carbocycles. The Morgan fingerprint density at radius 3 is 2.56 bits per heavy atom. The van der Waals surface area contributed by atoms with Crippen LogP contribution in [-0.2, 0) is 4.74 Å². The lowest BCUT2D eigenvalue weighted by molar-refractivity contribution is 0.122. The van der Waals surface area contributed by atoms with Gasteiger partial charge in [-0.3, -0.25) is 0 Å². The molecule has 2 aliphatic heterocycles. The number of fused-ring (bicyclic) bond motifs is 3. The van der Waals surface area contributed by atoms with Crippen LogP contribution < -0.4 is 15.1 Å². The Morgan fingerprint density at radius 2 is 1.78 bits per heavy atom. The Balaban J connectivity index is 1.64. The molecule has 0 spiro atoms. The fourth-order valence-electron chi connectivity index (χ4n) is 3.90. The number of thiophene rings is 1. The van der Waals surface area contributed by atoms with E-state index in [1.165, 1.54) is 19.3 Å². The topological polar surface area (TPSA) is 66.4 Å². The van der Waals surface area contributed by atoms with E-state index in [9.17, 15) is 0 Å². The van der Waals surface area contributed by atoms with E-state index in [4.69, 9.17) is 19.7 Å². The summed E-state index contributed by atoms with van der Waals surface area (Å²) >= 11 is 1.72. The minimum Gasteiger partial charge on any atom is -0.378 e. The number of nitrogens with zero attached hydrogens (tertiary/aromatic N) is 5. The van der Waals surface area contributed by atoms with Crippen molar-refractivity contribution in [2.24, 2.45) is 0 Å². The average molecular weight is 385 g/mol. The number of nitrogens with one attached hydrogen (secondary N) is 1. The summed E-state index contributed by atoms with van der Waals surface area (Å²) < 4.78 is 6.62. The van der Waals surface area contributed by atoms with Crippen molar-refractivity contribution in [2.75, 3.05) is 61.6 Å². The zero-order valence-corrected chi connectivity index (χ0v) is 16.4. The Bertz CT molecular complexity index is 962. The molecule has 2 aliphatic rings. The molecule has 0 unspecified atom stereocenters. The maximum atomic E-state index is 5.47. The summed E-state index contributed by atoms with van der Waals surface area (Å²) in [5.41, 5.74) is 1.01. The van der Waals surface area contributed by atoms with Crippen molar-refractivity contribution < 1.29 is 4.74 Å². The molecule has 2 saturated heterocycles. The first-order valence-electron chi connectivity index (χ1n) is 9.70. The van der Waals surface area contributed by atoms with Gasteiger partial charge in [-0.2, -0.15) is 4.98 Å². The molecule has 7 nitrogen and oxygen atoms in total. The van der Waals surface area contributed by atoms with Crippen LogP contribution in [0.5, 0.6) is 0 Å². The molecule has 5 heterocycles. The molecule has 1 N–H and O–H groups in total. The third-order valence-electron chi connectivity index (χ3n) is 5.36. The molecule has 0 atom stereocenters. The number of aromatic nitrogens is 3. The van der Waals surface area contributed by atoms with Crippen LogP contribution >= 0.6 is 11.3 Å². The Kier molecular flexibility index (Phi) is 4.45. The van der Waals surface area contributed by atoms with E-state index in [2.05, 4.69) is 27.2 Å². The van der Waals surface area contributed by atoms with E-state index in [-0.39, 0.29) is 0 Å². The van der Waals surface area contributed by atoms with Crippen LogP contribution in [-0.4, -0.2) is 61.4 Å². The summed E-state index contributed by atoms with van der Waals surface area (Å²) in [4.78, 5) is 20.3. The number of ether oxygens (including phenoxy) is 1. The number of hydrogen-bond donors (Lipinski definition) is 1. The van der Waals surface area contributed by atoms with E-state index < -0.39 is 0 Å². The fraction of sp³-hybridized carbons (Fsp3) is 0.526. The predicted molar refractivity (Wildman–Crippen MR) is 111 cm³/mol. The predicted octanol–water partition coefficient (Wildman–Crippen LogP) is 3.11. The summed E-state index contributed by atoms with van der Waals surface area (Å²) in [6.07, 6.45) is 3.76. The molecule has 3 aromatic rings. The van der Waals surface area contributed by atoms with Gasteiger partial charge in [0.2, 0.25) is 5.95 Å². The largest absolute Gasteiger partial charge is 0.378 e. The summed E-state index contributed by atoms with van der Waals surface area (Å²) in [5, 5.41) is 4.24. The van der Waals surface area contributed by atoms with Crippen LogP contribution in [0.15, 0.2) is 12.1 Å². The lowest BCUT2D eigenvalue weighted by Crippen LogP contribution is -2.36. The van der Waals surface area contributed by atoms with Crippen LogP contribution in [0.25, 0.3) is 20.4 Å². The number of anilines is 3. The molecule has 8 heteroatoms. The Hall–Kier alpha value is -2.19. The van der Waals surface area contributed by atoms with Crippen molar-refractivity contribution in [2.45, 2.75) is 19.3 Å². The molecule has 0 aliphatic carbocycles. The lowest BCUT2D eigenvalue weighted by atomic mass is 10.1. The van der Waals surface area contributed by atoms with Gasteiger partial charge in [-0.25, -0.2) is 9.97 Å². The standard InChI is InChI=1S/C19H24N6OS/c1-20-19-22-15-13-5-6-14(24-9-11-26-12-10-24)21-18(13)27-16(15)17(23-19)25-7-3-2-4-8-25/h5-6H,2-4,7-12H2,1H3,(H,20,22,23). The SMILES string of the molecule is CNc1nc(N2CCCCC2)c2sc3nc(N4CCOCC4)ccc3c2n1. The van der Waals surface area contributed by atoms with Crippen molar-refractivity contribution in [3.63, 3.8) is 0 Å². The Morgan fingerprint density at radius 1 is 0.963 bits per heavy atom.